The normalized spacial score (nSPS) is 15.0. The minimum absolute atomic E-state index is 0.164. The second kappa shape index (κ2) is 10.2. The third-order valence-electron chi connectivity index (χ3n) is 5.87. The maximum atomic E-state index is 13.0. The summed E-state index contributed by atoms with van der Waals surface area (Å²) >= 11 is 3.37. The highest BCUT2D eigenvalue weighted by Crippen LogP contribution is 2.31. The number of benzene rings is 3. The van der Waals surface area contributed by atoms with Gasteiger partial charge in [0.25, 0.3) is 11.8 Å². The van der Waals surface area contributed by atoms with Crippen LogP contribution in [0.1, 0.15) is 37.5 Å². The number of hydrogen-bond acceptors (Lipinski definition) is 5. The van der Waals surface area contributed by atoms with Gasteiger partial charge in [-0.1, -0.05) is 34.1 Å². The summed E-state index contributed by atoms with van der Waals surface area (Å²) in [7, 11) is 1.54. The number of anilines is 1. The first-order chi connectivity index (χ1) is 16.8. The summed E-state index contributed by atoms with van der Waals surface area (Å²) in [5.74, 6) is -1.14. The number of carbonyl (C=O) groups is 3. The third-order valence-corrected chi connectivity index (χ3v) is 6.36. The smallest absolute Gasteiger partial charge is 0.335 e. The molecule has 0 aromatic heterocycles. The van der Waals surface area contributed by atoms with E-state index in [9.17, 15) is 19.5 Å². The Hall–Kier alpha value is -3.85. The molecule has 0 spiro atoms. The molecule has 1 heterocycles. The van der Waals surface area contributed by atoms with Crippen molar-refractivity contribution in [2.45, 2.75) is 12.5 Å². The van der Waals surface area contributed by atoms with Gasteiger partial charge in [0.15, 0.2) is 0 Å². The van der Waals surface area contributed by atoms with Gasteiger partial charge in [0, 0.05) is 30.2 Å². The van der Waals surface area contributed by atoms with Gasteiger partial charge in [-0.3, -0.25) is 9.59 Å². The number of nitrogens with zero attached hydrogens (tertiary/aromatic N) is 1. The number of nitrogen functional groups attached to an aromatic ring is 1. The lowest BCUT2D eigenvalue weighted by molar-refractivity contribution is 0.0695. The van der Waals surface area contributed by atoms with Gasteiger partial charge in [0.1, 0.15) is 11.9 Å². The summed E-state index contributed by atoms with van der Waals surface area (Å²) in [4.78, 5) is 38.6. The number of halogens is 1. The molecule has 4 N–H and O–H groups in total. The van der Waals surface area contributed by atoms with Gasteiger partial charge < -0.3 is 25.8 Å². The number of nitrogens with one attached hydrogen (secondary N) is 1. The van der Waals surface area contributed by atoms with Crippen LogP contribution in [0.15, 0.2) is 65.1 Å². The highest BCUT2D eigenvalue weighted by molar-refractivity contribution is 9.10. The van der Waals surface area contributed by atoms with Crippen LogP contribution in [0, 0.1) is 0 Å². The molecule has 0 aliphatic carbocycles. The Morgan fingerprint density at radius 3 is 2.57 bits per heavy atom. The first kappa shape index (κ1) is 24.3. The SMILES string of the molecule is CNC(=O)c1ccc(-c2cccc(C(=O)O)c2)cc1OC1CCN(C(=O)c2cc(Br)ccc2N)C1. The van der Waals surface area contributed by atoms with Crippen molar-refractivity contribution in [1.29, 1.82) is 0 Å². The van der Waals surface area contributed by atoms with E-state index in [1.165, 1.54) is 13.1 Å². The lowest BCUT2D eigenvalue weighted by Crippen LogP contribution is -2.31. The molecule has 3 aromatic carbocycles. The molecular weight excluding hydrogens is 514 g/mol. The number of ether oxygens (including phenoxy) is 1. The highest BCUT2D eigenvalue weighted by Gasteiger charge is 2.30. The van der Waals surface area contributed by atoms with Crippen LogP contribution >= 0.6 is 15.9 Å². The Balaban J connectivity index is 1.58. The number of hydrogen-bond donors (Lipinski definition) is 3. The fraction of sp³-hybridized carbons (Fsp3) is 0.192. The Labute approximate surface area is 210 Å². The van der Waals surface area contributed by atoms with Crippen LogP contribution < -0.4 is 15.8 Å². The third kappa shape index (κ3) is 5.30. The van der Waals surface area contributed by atoms with E-state index in [1.54, 1.807) is 59.5 Å². The van der Waals surface area contributed by atoms with Crippen molar-refractivity contribution in [3.8, 4) is 16.9 Å². The number of rotatable bonds is 6. The van der Waals surface area contributed by atoms with Gasteiger partial charge in [-0.25, -0.2) is 4.79 Å². The van der Waals surface area contributed by atoms with Crippen LogP contribution in [0.4, 0.5) is 5.69 Å². The molecule has 1 aliphatic heterocycles. The second-order valence-corrected chi connectivity index (χ2v) is 9.10. The summed E-state index contributed by atoms with van der Waals surface area (Å²) in [6.07, 6.45) is 0.266. The average Bonchev–Trinajstić information content (AvgIpc) is 3.33. The zero-order valence-corrected chi connectivity index (χ0v) is 20.5. The van der Waals surface area contributed by atoms with Gasteiger partial charge in [0.05, 0.1) is 23.2 Å². The first-order valence-corrected chi connectivity index (χ1v) is 11.8. The molecule has 3 aromatic rings. The predicted octanol–water partition coefficient (Wildman–Crippen LogP) is 4.05. The Morgan fingerprint density at radius 1 is 1.06 bits per heavy atom. The van der Waals surface area contributed by atoms with Crippen molar-refractivity contribution in [1.82, 2.24) is 10.2 Å². The van der Waals surface area contributed by atoms with Crippen molar-refractivity contribution < 1.29 is 24.2 Å². The van der Waals surface area contributed by atoms with Crippen molar-refractivity contribution in [3.63, 3.8) is 0 Å². The molecule has 0 saturated carbocycles. The zero-order chi connectivity index (χ0) is 25.1. The van der Waals surface area contributed by atoms with Crippen molar-refractivity contribution >= 4 is 39.4 Å². The number of carbonyl (C=O) groups excluding carboxylic acids is 2. The molecule has 1 unspecified atom stereocenters. The molecule has 35 heavy (non-hydrogen) atoms. The summed E-state index contributed by atoms with van der Waals surface area (Å²) in [6.45, 7) is 0.835. The topological polar surface area (TPSA) is 122 Å². The van der Waals surface area contributed by atoms with E-state index >= 15 is 0 Å². The number of nitrogens with two attached hydrogens (primary N) is 1. The molecule has 180 valence electrons. The second-order valence-electron chi connectivity index (χ2n) is 8.19. The van der Waals surface area contributed by atoms with E-state index in [4.69, 9.17) is 10.5 Å². The Kier molecular flexibility index (Phi) is 7.07. The van der Waals surface area contributed by atoms with Crippen LogP contribution in [-0.4, -0.2) is 54.0 Å². The molecule has 4 rings (SSSR count). The number of likely N-dealkylation sites (tertiary alicyclic amines) is 1. The van der Waals surface area contributed by atoms with Crippen LogP contribution in [0.2, 0.25) is 0 Å². The zero-order valence-electron chi connectivity index (χ0n) is 19.0. The standard InChI is InChI=1S/C26H24BrN3O5/c1-29-24(31)20-7-5-16(15-3-2-4-17(11-15)26(33)34)12-23(20)35-19-9-10-30(14-19)25(32)21-13-18(27)6-8-22(21)28/h2-8,11-13,19H,9-10,14,28H2,1H3,(H,29,31)(H,33,34). The molecule has 0 radical (unpaired) electrons. The monoisotopic (exact) mass is 537 g/mol. The van der Waals surface area contributed by atoms with Gasteiger partial charge in [-0.15, -0.1) is 0 Å². The fourth-order valence-electron chi connectivity index (χ4n) is 4.03. The number of carboxylic acids is 1. The summed E-state index contributed by atoms with van der Waals surface area (Å²) in [5, 5.41) is 11.9. The largest absolute Gasteiger partial charge is 0.488 e. The van der Waals surface area contributed by atoms with Crippen molar-refractivity contribution in [3.05, 3.63) is 81.8 Å². The summed E-state index contributed by atoms with van der Waals surface area (Å²) < 4.78 is 6.99. The van der Waals surface area contributed by atoms with E-state index in [2.05, 4.69) is 21.2 Å². The number of aromatic carboxylic acids is 1. The van der Waals surface area contributed by atoms with E-state index in [1.807, 2.05) is 0 Å². The summed E-state index contributed by atoms with van der Waals surface area (Å²) in [6, 6.07) is 16.8. The van der Waals surface area contributed by atoms with Crippen LogP contribution in [-0.2, 0) is 0 Å². The summed E-state index contributed by atoms with van der Waals surface area (Å²) in [5.41, 5.74) is 8.75. The van der Waals surface area contributed by atoms with Gasteiger partial charge in [-0.05, 0) is 53.6 Å². The molecule has 2 amide bonds. The molecule has 8 nitrogen and oxygen atoms in total. The minimum atomic E-state index is -1.02. The lowest BCUT2D eigenvalue weighted by Gasteiger charge is -2.20. The van der Waals surface area contributed by atoms with Crippen LogP contribution in [0.25, 0.3) is 11.1 Å². The highest BCUT2D eigenvalue weighted by atomic mass is 79.9. The van der Waals surface area contributed by atoms with Crippen LogP contribution in [0.5, 0.6) is 5.75 Å². The number of carboxylic acid groups (broad SMARTS) is 1. The lowest BCUT2D eigenvalue weighted by atomic mass is 10.0. The molecular formula is C26H24BrN3O5. The average molecular weight is 538 g/mol. The molecule has 1 saturated heterocycles. The molecule has 9 heteroatoms. The molecule has 1 aliphatic rings. The van der Waals surface area contributed by atoms with E-state index in [-0.39, 0.29) is 23.5 Å². The maximum Gasteiger partial charge on any atom is 0.335 e. The molecule has 0 bridgehead atoms. The van der Waals surface area contributed by atoms with E-state index < -0.39 is 5.97 Å². The van der Waals surface area contributed by atoms with Gasteiger partial charge in [0.2, 0.25) is 0 Å². The first-order valence-electron chi connectivity index (χ1n) is 11.0. The Morgan fingerprint density at radius 2 is 1.83 bits per heavy atom. The fourth-order valence-corrected chi connectivity index (χ4v) is 4.39. The van der Waals surface area contributed by atoms with Crippen molar-refractivity contribution in [2.24, 2.45) is 0 Å². The quantitative estimate of drug-likeness (QED) is 0.407. The molecule has 1 atom stereocenters. The minimum Gasteiger partial charge on any atom is -0.488 e. The maximum absolute atomic E-state index is 13.0. The van der Waals surface area contributed by atoms with E-state index in [0.29, 0.717) is 53.2 Å². The van der Waals surface area contributed by atoms with Gasteiger partial charge in [-0.2, -0.15) is 0 Å². The van der Waals surface area contributed by atoms with Crippen molar-refractivity contribution in [2.75, 3.05) is 25.9 Å². The van der Waals surface area contributed by atoms with Crippen LogP contribution in [0.3, 0.4) is 0 Å². The predicted molar refractivity (Wildman–Crippen MR) is 136 cm³/mol. The van der Waals surface area contributed by atoms with Gasteiger partial charge >= 0.3 is 5.97 Å². The Bertz CT molecular complexity index is 1310. The molecule has 1 fully saturated rings. The van der Waals surface area contributed by atoms with E-state index in [0.717, 1.165) is 4.47 Å². The number of amides is 2.